The van der Waals surface area contributed by atoms with Crippen LogP contribution in [0.4, 0.5) is 0 Å². The molecule has 2 nitrogen and oxygen atoms in total. The van der Waals surface area contributed by atoms with Crippen molar-refractivity contribution in [1.82, 2.24) is 4.98 Å². The first-order valence-electron chi connectivity index (χ1n) is 5.61. The summed E-state index contributed by atoms with van der Waals surface area (Å²) in [5, 5.41) is 9.65. The number of rotatable bonds is 1. The molecule has 0 N–H and O–H groups in total. The van der Waals surface area contributed by atoms with E-state index in [1.54, 1.807) is 0 Å². The number of aromatic nitrogens is 1. The Bertz CT molecular complexity index is 341. The minimum Gasteiger partial charge on any atom is -0.245 e. The Balaban J connectivity index is 0. The maximum atomic E-state index is 8.82. The average Bonchev–Trinajstić information content (AvgIpc) is 2.33. The topological polar surface area (TPSA) is 36.7 Å². The molecule has 0 fully saturated rings. The van der Waals surface area contributed by atoms with E-state index in [9.17, 15) is 0 Å². The van der Waals surface area contributed by atoms with Crippen molar-refractivity contribution < 1.29 is 0 Å². The van der Waals surface area contributed by atoms with Gasteiger partial charge in [0.1, 0.15) is 11.1 Å². The molecule has 0 spiro atoms. The van der Waals surface area contributed by atoms with E-state index in [4.69, 9.17) is 5.26 Å². The van der Waals surface area contributed by atoms with Gasteiger partial charge in [-0.2, -0.15) is 5.26 Å². The van der Waals surface area contributed by atoms with Gasteiger partial charge in [0.25, 0.3) is 0 Å². The van der Waals surface area contributed by atoms with Crippen LogP contribution in [-0.4, -0.2) is 11.2 Å². The summed E-state index contributed by atoms with van der Waals surface area (Å²) in [6.45, 7) is 11.9. The van der Waals surface area contributed by atoms with Crippen LogP contribution in [0.25, 0.3) is 0 Å². The fourth-order valence-electron chi connectivity index (χ4n) is 1.09. The summed E-state index contributed by atoms with van der Waals surface area (Å²) < 4.78 is 0. The number of hydrogen-bond donors (Lipinski definition) is 0. The molecule has 0 atom stereocenters. The van der Waals surface area contributed by atoms with Crippen molar-refractivity contribution in [1.29, 1.82) is 5.26 Å². The number of aryl methyl sites for hydroxylation is 2. The van der Waals surface area contributed by atoms with Gasteiger partial charge in [-0.15, -0.1) is 11.8 Å². The lowest BCUT2D eigenvalue weighted by atomic mass is 10.1. The van der Waals surface area contributed by atoms with Crippen LogP contribution in [0, 0.1) is 25.2 Å². The highest BCUT2D eigenvalue weighted by atomic mass is 32.2. The van der Waals surface area contributed by atoms with E-state index < -0.39 is 0 Å². The molecular formula is C13H22N2S. The predicted molar refractivity (Wildman–Crippen MR) is 72.9 cm³/mol. The van der Waals surface area contributed by atoms with Gasteiger partial charge in [-0.3, -0.25) is 0 Å². The Kier molecular flexibility index (Phi) is 11.4. The largest absolute Gasteiger partial charge is 0.245 e. The van der Waals surface area contributed by atoms with Crippen molar-refractivity contribution in [2.45, 2.75) is 46.6 Å². The summed E-state index contributed by atoms with van der Waals surface area (Å²) in [4.78, 5) is 4.26. The van der Waals surface area contributed by atoms with E-state index in [1.807, 2.05) is 53.9 Å². The first-order chi connectivity index (χ1) is 7.69. The summed E-state index contributed by atoms with van der Waals surface area (Å²) in [6, 6.07) is 4.09. The number of pyridine rings is 1. The number of hydrogen-bond acceptors (Lipinski definition) is 3. The third-order valence-corrected chi connectivity index (χ3v) is 2.30. The number of nitrogens with zero attached hydrogens (tertiary/aromatic N) is 2. The van der Waals surface area contributed by atoms with Crippen LogP contribution in [-0.2, 0) is 0 Å². The third-order valence-electron chi connectivity index (χ3n) is 1.62. The van der Waals surface area contributed by atoms with E-state index in [-0.39, 0.29) is 0 Å². The van der Waals surface area contributed by atoms with Crippen molar-refractivity contribution in [3.63, 3.8) is 0 Å². The molecule has 0 amide bonds. The molecule has 1 aromatic heterocycles. The lowest BCUT2D eigenvalue weighted by Gasteiger charge is -2.03. The molecule has 0 aliphatic carbocycles. The lowest BCUT2D eigenvalue weighted by Crippen LogP contribution is -1.93. The molecule has 0 aliphatic rings. The summed E-state index contributed by atoms with van der Waals surface area (Å²) in [7, 11) is 0. The van der Waals surface area contributed by atoms with Gasteiger partial charge in [-0.1, -0.05) is 27.7 Å². The highest BCUT2D eigenvalue weighted by Gasteiger charge is 2.06. The van der Waals surface area contributed by atoms with Gasteiger partial charge in [0.2, 0.25) is 0 Å². The molecule has 0 bridgehead atoms. The van der Waals surface area contributed by atoms with Crippen LogP contribution in [0.5, 0.6) is 0 Å². The van der Waals surface area contributed by atoms with Gasteiger partial charge >= 0.3 is 0 Å². The zero-order chi connectivity index (χ0) is 13.1. The molecule has 0 aromatic carbocycles. The monoisotopic (exact) mass is 238 g/mol. The smallest absolute Gasteiger partial charge is 0.114 e. The minimum absolute atomic E-state index is 0.702. The zero-order valence-electron chi connectivity index (χ0n) is 11.4. The lowest BCUT2D eigenvalue weighted by molar-refractivity contribution is 1.03. The van der Waals surface area contributed by atoms with Crippen molar-refractivity contribution in [2.24, 2.45) is 0 Å². The van der Waals surface area contributed by atoms with E-state index in [2.05, 4.69) is 11.1 Å². The van der Waals surface area contributed by atoms with Crippen molar-refractivity contribution in [3.05, 3.63) is 22.9 Å². The van der Waals surface area contributed by atoms with Crippen LogP contribution in [0.3, 0.4) is 0 Å². The van der Waals surface area contributed by atoms with Crippen LogP contribution in [0.1, 0.15) is 44.5 Å². The molecule has 16 heavy (non-hydrogen) atoms. The first-order valence-corrected chi connectivity index (χ1v) is 6.84. The molecule has 0 saturated carbocycles. The van der Waals surface area contributed by atoms with Crippen molar-refractivity contribution in [3.8, 4) is 6.07 Å². The second-order valence-corrected chi connectivity index (χ2v) is 3.37. The quantitative estimate of drug-likeness (QED) is 0.683. The SMILES string of the molecule is CC.CC.CSc1nc(C)cc(C)c1C#N. The molecule has 1 heterocycles. The summed E-state index contributed by atoms with van der Waals surface area (Å²) in [6.07, 6.45) is 1.93. The highest BCUT2D eigenvalue weighted by molar-refractivity contribution is 7.98. The minimum atomic E-state index is 0.702. The number of thioether (sulfide) groups is 1. The number of nitriles is 1. The van der Waals surface area contributed by atoms with Gasteiger partial charge < -0.3 is 0 Å². The molecular weight excluding hydrogens is 216 g/mol. The Morgan fingerprint density at radius 3 is 2.06 bits per heavy atom. The third kappa shape index (κ3) is 5.18. The highest BCUT2D eigenvalue weighted by Crippen LogP contribution is 2.20. The van der Waals surface area contributed by atoms with E-state index in [0.717, 1.165) is 16.3 Å². The molecule has 0 aliphatic heterocycles. The van der Waals surface area contributed by atoms with Crippen molar-refractivity contribution >= 4 is 11.8 Å². The van der Waals surface area contributed by atoms with E-state index >= 15 is 0 Å². The Labute approximate surface area is 104 Å². The predicted octanol–water partition coefficient (Wildman–Crippen LogP) is 4.34. The Morgan fingerprint density at radius 2 is 1.69 bits per heavy atom. The summed E-state index contributed by atoms with van der Waals surface area (Å²) >= 11 is 1.51. The van der Waals surface area contributed by atoms with Crippen LogP contribution in [0.15, 0.2) is 11.1 Å². The molecule has 3 heteroatoms. The molecule has 90 valence electrons. The molecule has 0 saturated heterocycles. The van der Waals surface area contributed by atoms with Crippen molar-refractivity contribution in [2.75, 3.05) is 6.26 Å². The Morgan fingerprint density at radius 1 is 1.19 bits per heavy atom. The van der Waals surface area contributed by atoms with Gasteiger partial charge in [0.05, 0.1) is 5.56 Å². The fourth-order valence-corrected chi connectivity index (χ4v) is 1.73. The molecule has 0 radical (unpaired) electrons. The Hall–Kier alpha value is -1.01. The summed E-state index contributed by atoms with van der Waals surface area (Å²) in [5.41, 5.74) is 2.68. The molecule has 0 unspecified atom stereocenters. The maximum absolute atomic E-state index is 8.82. The first kappa shape index (κ1) is 17.4. The second-order valence-electron chi connectivity index (χ2n) is 2.58. The van der Waals surface area contributed by atoms with Gasteiger partial charge in [0.15, 0.2) is 0 Å². The zero-order valence-corrected chi connectivity index (χ0v) is 12.2. The molecule has 1 rings (SSSR count). The van der Waals surface area contributed by atoms with Crippen LogP contribution < -0.4 is 0 Å². The second kappa shape index (κ2) is 10.5. The normalized spacial score (nSPS) is 7.88. The van der Waals surface area contributed by atoms with Gasteiger partial charge in [0, 0.05) is 5.69 Å². The fraction of sp³-hybridized carbons (Fsp3) is 0.538. The maximum Gasteiger partial charge on any atom is 0.114 e. The standard InChI is InChI=1S/C9H10N2S.2C2H6/c1-6-4-7(2)11-9(12-3)8(6)5-10;2*1-2/h4H,1-3H3;2*1-2H3. The van der Waals surface area contributed by atoms with Crippen LogP contribution >= 0.6 is 11.8 Å². The average molecular weight is 238 g/mol. The van der Waals surface area contributed by atoms with Gasteiger partial charge in [-0.05, 0) is 31.7 Å². The van der Waals surface area contributed by atoms with Gasteiger partial charge in [-0.25, -0.2) is 4.98 Å². The summed E-state index contributed by atoms with van der Waals surface area (Å²) in [5.74, 6) is 0. The molecule has 1 aromatic rings. The van der Waals surface area contributed by atoms with E-state index in [1.165, 1.54) is 11.8 Å². The van der Waals surface area contributed by atoms with Crippen LogP contribution in [0.2, 0.25) is 0 Å². The van der Waals surface area contributed by atoms with E-state index in [0.29, 0.717) is 5.56 Å².